The largest absolute Gasteiger partial charge is 0.338 e. The highest BCUT2D eigenvalue weighted by molar-refractivity contribution is 5.99. The normalized spacial score (nSPS) is 10.6. The third kappa shape index (κ3) is 5.88. The summed E-state index contributed by atoms with van der Waals surface area (Å²) in [5, 5.41) is 9.36. The fraction of sp³-hybridized carbons (Fsp3) is 0.111. The number of hydrogen-bond donors (Lipinski definition) is 3. The SMILES string of the molecule is C=NCC.Cc1cn(-c2ncnc3nc(-c4ccc(NC(=O)Nc5cc(-c6ccncc6)no5)cc4)[nH]c23)cn1. The number of anilines is 2. The Kier molecular flexibility index (Phi) is 7.62. The van der Waals surface area contributed by atoms with Crippen LogP contribution in [0.15, 0.2) is 83.2 Å². The molecule has 40 heavy (non-hydrogen) atoms. The van der Waals surface area contributed by atoms with E-state index in [2.05, 4.69) is 57.4 Å². The number of nitrogens with one attached hydrogen (secondary N) is 3. The van der Waals surface area contributed by atoms with Gasteiger partial charge in [0.1, 0.15) is 29.7 Å². The van der Waals surface area contributed by atoms with Gasteiger partial charge in [0.2, 0.25) is 5.88 Å². The van der Waals surface area contributed by atoms with Crippen LogP contribution in [-0.4, -0.2) is 58.9 Å². The zero-order valence-electron chi connectivity index (χ0n) is 21.7. The maximum absolute atomic E-state index is 12.4. The smallest absolute Gasteiger partial charge is 0.326 e. The lowest BCUT2D eigenvalue weighted by molar-refractivity contribution is 0.261. The van der Waals surface area contributed by atoms with Crippen LogP contribution in [0.3, 0.4) is 0 Å². The van der Waals surface area contributed by atoms with Crippen molar-refractivity contribution in [3.8, 4) is 28.5 Å². The van der Waals surface area contributed by atoms with E-state index < -0.39 is 6.03 Å². The van der Waals surface area contributed by atoms with Crippen molar-refractivity contribution >= 4 is 35.5 Å². The Morgan fingerprint density at radius 1 is 1.07 bits per heavy atom. The molecule has 0 fully saturated rings. The lowest BCUT2D eigenvalue weighted by Crippen LogP contribution is -2.18. The summed E-state index contributed by atoms with van der Waals surface area (Å²) in [7, 11) is 0. The summed E-state index contributed by atoms with van der Waals surface area (Å²) in [5.41, 5.74) is 4.97. The molecule has 0 aliphatic heterocycles. The van der Waals surface area contributed by atoms with Gasteiger partial charge in [0.05, 0.1) is 5.69 Å². The topological polar surface area (TPSA) is 165 Å². The van der Waals surface area contributed by atoms with Gasteiger partial charge >= 0.3 is 6.03 Å². The summed E-state index contributed by atoms with van der Waals surface area (Å²) in [6.07, 6.45) is 8.36. The molecule has 5 aromatic heterocycles. The van der Waals surface area contributed by atoms with E-state index in [9.17, 15) is 4.79 Å². The predicted octanol–water partition coefficient (Wildman–Crippen LogP) is 4.91. The number of nitrogens with zero attached hydrogens (tertiary/aromatic N) is 8. The van der Waals surface area contributed by atoms with Gasteiger partial charge < -0.3 is 19.8 Å². The molecular formula is C27H25N11O2. The Balaban J connectivity index is 0.000000758. The number of aliphatic imine (C=N–C) groups is 1. The maximum Gasteiger partial charge on any atom is 0.326 e. The molecule has 0 spiro atoms. The van der Waals surface area contributed by atoms with E-state index in [1.807, 2.05) is 36.7 Å². The lowest BCUT2D eigenvalue weighted by Gasteiger charge is -2.05. The van der Waals surface area contributed by atoms with Gasteiger partial charge in [0.15, 0.2) is 11.5 Å². The number of amides is 2. The Bertz CT molecular complexity index is 1740. The molecule has 0 bridgehead atoms. The summed E-state index contributed by atoms with van der Waals surface area (Å²) in [6, 6.07) is 12.0. The van der Waals surface area contributed by atoms with Gasteiger partial charge in [-0.15, -0.1) is 0 Å². The second-order valence-electron chi connectivity index (χ2n) is 8.41. The minimum atomic E-state index is -0.459. The number of pyridine rings is 1. The Morgan fingerprint density at radius 2 is 1.85 bits per heavy atom. The number of urea groups is 1. The van der Waals surface area contributed by atoms with Crippen LogP contribution in [0.25, 0.3) is 39.6 Å². The van der Waals surface area contributed by atoms with Gasteiger partial charge in [-0.25, -0.2) is 24.7 Å². The summed E-state index contributed by atoms with van der Waals surface area (Å²) in [4.78, 5) is 40.6. The van der Waals surface area contributed by atoms with Crippen molar-refractivity contribution in [2.24, 2.45) is 4.99 Å². The number of hydrogen-bond acceptors (Lipinski definition) is 9. The second kappa shape index (κ2) is 11.8. The fourth-order valence-corrected chi connectivity index (χ4v) is 3.66. The van der Waals surface area contributed by atoms with Crippen molar-refractivity contribution < 1.29 is 9.32 Å². The molecule has 6 rings (SSSR count). The number of aromatic amines is 1. The highest BCUT2D eigenvalue weighted by Gasteiger charge is 2.14. The molecule has 0 saturated carbocycles. The molecule has 5 heterocycles. The van der Waals surface area contributed by atoms with Gasteiger partial charge in [-0.3, -0.25) is 14.9 Å². The Hall–Kier alpha value is -5.72. The third-order valence-corrected chi connectivity index (χ3v) is 5.59. The Morgan fingerprint density at radius 3 is 2.55 bits per heavy atom. The maximum atomic E-state index is 12.4. The number of rotatable bonds is 6. The minimum Gasteiger partial charge on any atom is -0.338 e. The summed E-state index contributed by atoms with van der Waals surface area (Å²) < 4.78 is 7.03. The average Bonchev–Trinajstić information content (AvgIpc) is 3.74. The molecule has 0 aliphatic rings. The molecule has 6 aromatic rings. The van der Waals surface area contributed by atoms with Crippen LogP contribution in [0.1, 0.15) is 12.6 Å². The number of aromatic nitrogens is 8. The van der Waals surface area contributed by atoms with Crippen molar-refractivity contribution in [1.29, 1.82) is 0 Å². The van der Waals surface area contributed by atoms with E-state index in [-0.39, 0.29) is 5.88 Å². The molecule has 0 unspecified atom stereocenters. The van der Waals surface area contributed by atoms with Crippen LogP contribution in [-0.2, 0) is 0 Å². The molecular weight excluding hydrogens is 510 g/mol. The first-order valence-corrected chi connectivity index (χ1v) is 12.2. The lowest BCUT2D eigenvalue weighted by atomic mass is 10.2. The third-order valence-electron chi connectivity index (χ3n) is 5.59. The van der Waals surface area contributed by atoms with Crippen LogP contribution in [0, 0.1) is 6.92 Å². The van der Waals surface area contributed by atoms with Crippen LogP contribution in [0.5, 0.6) is 0 Å². The molecule has 13 heteroatoms. The average molecular weight is 536 g/mol. The number of carbonyl (C=O) groups is 1. The predicted molar refractivity (Wildman–Crippen MR) is 151 cm³/mol. The molecule has 0 aliphatic carbocycles. The molecule has 13 nitrogen and oxygen atoms in total. The first kappa shape index (κ1) is 25.9. The molecule has 0 atom stereocenters. The van der Waals surface area contributed by atoms with E-state index in [0.717, 1.165) is 23.4 Å². The second-order valence-corrected chi connectivity index (χ2v) is 8.41. The van der Waals surface area contributed by atoms with Crippen molar-refractivity contribution in [3.05, 3.63) is 79.4 Å². The van der Waals surface area contributed by atoms with Crippen molar-refractivity contribution in [2.75, 3.05) is 17.2 Å². The van der Waals surface area contributed by atoms with Crippen molar-refractivity contribution in [1.82, 2.24) is 39.6 Å². The molecule has 3 N–H and O–H groups in total. The summed E-state index contributed by atoms with van der Waals surface area (Å²) in [6.45, 7) is 7.93. The van der Waals surface area contributed by atoms with E-state index in [1.54, 1.807) is 49.1 Å². The quantitative estimate of drug-likeness (QED) is 0.253. The fourth-order valence-electron chi connectivity index (χ4n) is 3.66. The number of imidazole rings is 2. The van der Waals surface area contributed by atoms with Gasteiger partial charge in [0.25, 0.3) is 0 Å². The van der Waals surface area contributed by atoms with E-state index >= 15 is 0 Å². The number of H-pyrrole nitrogens is 1. The molecule has 2 amide bonds. The number of benzene rings is 1. The first-order valence-electron chi connectivity index (χ1n) is 12.2. The highest BCUT2D eigenvalue weighted by atomic mass is 16.5. The number of fused-ring (bicyclic) bond motifs is 1. The van der Waals surface area contributed by atoms with E-state index in [4.69, 9.17) is 4.52 Å². The van der Waals surface area contributed by atoms with Crippen LogP contribution >= 0.6 is 0 Å². The number of aryl methyl sites for hydroxylation is 1. The van der Waals surface area contributed by atoms with Gasteiger partial charge in [-0.2, -0.15) is 0 Å². The van der Waals surface area contributed by atoms with Crippen LogP contribution in [0.4, 0.5) is 16.4 Å². The first-order chi connectivity index (χ1) is 19.5. The molecule has 1 aromatic carbocycles. The van der Waals surface area contributed by atoms with Gasteiger partial charge in [-0.05, 0) is 57.0 Å². The van der Waals surface area contributed by atoms with E-state index in [1.165, 1.54) is 6.33 Å². The van der Waals surface area contributed by atoms with Crippen molar-refractivity contribution in [2.45, 2.75) is 13.8 Å². The molecule has 0 radical (unpaired) electrons. The zero-order valence-corrected chi connectivity index (χ0v) is 21.7. The Labute approximate surface area is 228 Å². The van der Waals surface area contributed by atoms with Crippen LogP contribution in [0.2, 0.25) is 0 Å². The minimum absolute atomic E-state index is 0.225. The van der Waals surface area contributed by atoms with Crippen molar-refractivity contribution in [3.63, 3.8) is 0 Å². The van der Waals surface area contributed by atoms with Gasteiger partial charge in [0, 0.05) is 48.0 Å². The monoisotopic (exact) mass is 535 g/mol. The standard InChI is InChI=1S/C24H18N10O2.C3H7N/c1-14-11-34(13-28-14)23-20-22(26-12-27-23)32-21(31-20)16-2-4-17(5-3-16)29-24(35)30-19-10-18(33-36-19)15-6-8-25-9-7-15;1-3-4-2/h2-13H,1H3,(H2,29,30,35)(H,26,27,31,32);2-3H2,1H3. The highest BCUT2D eigenvalue weighted by Crippen LogP contribution is 2.24. The van der Waals surface area contributed by atoms with E-state index in [0.29, 0.717) is 34.2 Å². The molecule has 0 saturated heterocycles. The summed E-state index contributed by atoms with van der Waals surface area (Å²) >= 11 is 0. The number of carbonyl (C=O) groups excluding carboxylic acids is 1. The van der Waals surface area contributed by atoms with Gasteiger partial charge in [-0.1, -0.05) is 5.16 Å². The zero-order chi connectivity index (χ0) is 27.9. The van der Waals surface area contributed by atoms with Crippen LogP contribution < -0.4 is 10.6 Å². The summed E-state index contributed by atoms with van der Waals surface area (Å²) in [5.74, 6) is 1.52. The molecule has 200 valence electrons.